The van der Waals surface area contributed by atoms with E-state index in [1.807, 2.05) is 0 Å². The van der Waals surface area contributed by atoms with Crippen LogP contribution in [-0.2, 0) is 11.4 Å². The Morgan fingerprint density at radius 2 is 2.11 bits per heavy atom. The highest BCUT2D eigenvalue weighted by Gasteiger charge is 2.34. The molecule has 0 atom stereocenters. The molecule has 0 bridgehead atoms. The molecule has 19 heavy (non-hydrogen) atoms. The van der Waals surface area contributed by atoms with E-state index in [-0.39, 0.29) is 15.9 Å². The molecule has 106 valence electrons. The summed E-state index contributed by atoms with van der Waals surface area (Å²) in [4.78, 5) is 15.0. The smallest absolute Gasteiger partial charge is 0.462 e. The molecule has 0 N–H and O–H groups in total. The first-order valence-corrected chi connectivity index (χ1v) is 6.04. The van der Waals surface area contributed by atoms with Crippen molar-refractivity contribution in [2.75, 3.05) is 6.61 Å². The van der Waals surface area contributed by atoms with E-state index >= 15 is 0 Å². The van der Waals surface area contributed by atoms with Crippen molar-refractivity contribution in [3.8, 4) is 5.88 Å². The number of halogens is 5. The molecule has 0 spiro atoms. The number of rotatable bonds is 4. The van der Waals surface area contributed by atoms with Gasteiger partial charge in [-0.15, -0.1) is 13.2 Å². The fourth-order valence-corrected chi connectivity index (χ4v) is 1.76. The molecule has 1 aromatic heterocycles. The Labute approximate surface area is 119 Å². The molecular formula is C10H8F4INO3. The van der Waals surface area contributed by atoms with Gasteiger partial charge in [-0.3, -0.25) is 0 Å². The van der Waals surface area contributed by atoms with Gasteiger partial charge in [0, 0.05) is 0 Å². The Balaban J connectivity index is 3.28. The van der Waals surface area contributed by atoms with E-state index in [0.717, 1.165) is 6.07 Å². The Bertz CT molecular complexity index is 479. The number of nitrogens with zero attached hydrogens (tertiary/aromatic N) is 1. The van der Waals surface area contributed by atoms with Crippen molar-refractivity contribution in [3.05, 3.63) is 20.9 Å². The van der Waals surface area contributed by atoms with Gasteiger partial charge in [-0.1, -0.05) is 0 Å². The lowest BCUT2D eigenvalue weighted by molar-refractivity contribution is -0.276. The van der Waals surface area contributed by atoms with Gasteiger partial charge in [0.15, 0.2) is 0 Å². The summed E-state index contributed by atoms with van der Waals surface area (Å²) in [5, 5.41) is 0. The van der Waals surface area contributed by atoms with Crippen LogP contribution in [0.2, 0.25) is 0 Å². The molecule has 1 aromatic rings. The van der Waals surface area contributed by atoms with Crippen molar-refractivity contribution in [2.24, 2.45) is 0 Å². The molecule has 0 radical (unpaired) electrons. The second-order valence-corrected chi connectivity index (χ2v) is 4.28. The van der Waals surface area contributed by atoms with Gasteiger partial charge < -0.3 is 9.47 Å². The van der Waals surface area contributed by atoms with E-state index in [1.54, 1.807) is 22.6 Å². The third kappa shape index (κ3) is 4.48. The topological polar surface area (TPSA) is 48.4 Å². The van der Waals surface area contributed by atoms with Crippen molar-refractivity contribution in [1.82, 2.24) is 4.98 Å². The molecule has 9 heteroatoms. The monoisotopic (exact) mass is 393 g/mol. The first-order chi connectivity index (χ1) is 8.78. The summed E-state index contributed by atoms with van der Waals surface area (Å²) in [5.41, 5.74) is -0.917. The number of ether oxygens (including phenoxy) is 2. The Morgan fingerprint density at radius 3 is 2.58 bits per heavy atom. The molecule has 0 aliphatic heterocycles. The van der Waals surface area contributed by atoms with E-state index in [1.165, 1.54) is 6.92 Å². The van der Waals surface area contributed by atoms with Crippen LogP contribution >= 0.6 is 22.6 Å². The summed E-state index contributed by atoms with van der Waals surface area (Å²) in [6, 6.07) is 1.14. The van der Waals surface area contributed by atoms with Crippen molar-refractivity contribution in [3.63, 3.8) is 0 Å². The van der Waals surface area contributed by atoms with Crippen LogP contribution in [0, 0.1) is 3.70 Å². The second kappa shape index (κ2) is 6.35. The van der Waals surface area contributed by atoms with E-state index in [0.29, 0.717) is 0 Å². The van der Waals surface area contributed by atoms with Crippen LogP contribution in [0.5, 0.6) is 5.88 Å². The summed E-state index contributed by atoms with van der Waals surface area (Å²) in [6.45, 7) is 0.203. The fourth-order valence-electron chi connectivity index (χ4n) is 1.23. The first kappa shape index (κ1) is 15.9. The molecule has 0 unspecified atom stereocenters. The Kier molecular flexibility index (Phi) is 5.32. The summed E-state index contributed by atoms with van der Waals surface area (Å²) < 4.78 is 57.7. The minimum absolute atomic E-state index is 0.0128. The summed E-state index contributed by atoms with van der Waals surface area (Å²) in [7, 11) is 0. The highest BCUT2D eigenvalue weighted by Crippen LogP contribution is 2.29. The molecule has 0 aromatic carbocycles. The number of pyridine rings is 1. The zero-order valence-corrected chi connectivity index (χ0v) is 11.7. The van der Waals surface area contributed by atoms with Crippen LogP contribution in [0.1, 0.15) is 22.8 Å². The summed E-state index contributed by atoms with van der Waals surface area (Å²) >= 11 is 1.59. The zero-order chi connectivity index (χ0) is 14.6. The standard InChI is InChI=1S/C10H8F4INO3/c1-2-18-9(17)5-3-7(15)16-8(6(5)4-11)19-10(12,13)14/h3H,2,4H2,1H3. The van der Waals surface area contributed by atoms with Crippen molar-refractivity contribution in [1.29, 1.82) is 0 Å². The average Bonchev–Trinajstić information content (AvgIpc) is 2.26. The lowest BCUT2D eigenvalue weighted by Gasteiger charge is -2.13. The normalized spacial score (nSPS) is 11.3. The van der Waals surface area contributed by atoms with Crippen LogP contribution in [-0.4, -0.2) is 23.9 Å². The lowest BCUT2D eigenvalue weighted by Crippen LogP contribution is -2.20. The van der Waals surface area contributed by atoms with E-state index in [9.17, 15) is 22.4 Å². The number of carbonyl (C=O) groups is 1. The number of hydrogen-bond donors (Lipinski definition) is 0. The van der Waals surface area contributed by atoms with Crippen LogP contribution in [0.3, 0.4) is 0 Å². The van der Waals surface area contributed by atoms with Gasteiger partial charge in [-0.25, -0.2) is 14.2 Å². The van der Waals surface area contributed by atoms with Gasteiger partial charge in [0.05, 0.1) is 17.7 Å². The van der Waals surface area contributed by atoms with Gasteiger partial charge in [-0.05, 0) is 35.6 Å². The molecule has 0 saturated heterocycles. The maximum Gasteiger partial charge on any atom is 0.574 e. The van der Waals surface area contributed by atoms with Gasteiger partial charge in [0.25, 0.3) is 0 Å². The fraction of sp³-hybridized carbons (Fsp3) is 0.400. The molecule has 0 amide bonds. The van der Waals surface area contributed by atoms with Crippen molar-refractivity contribution >= 4 is 28.6 Å². The zero-order valence-electron chi connectivity index (χ0n) is 9.55. The highest BCUT2D eigenvalue weighted by atomic mass is 127. The van der Waals surface area contributed by atoms with Crippen LogP contribution in [0.4, 0.5) is 17.6 Å². The van der Waals surface area contributed by atoms with E-state index < -0.39 is 30.4 Å². The minimum Gasteiger partial charge on any atom is -0.462 e. The molecule has 0 saturated carbocycles. The summed E-state index contributed by atoms with van der Waals surface area (Å²) in [6.07, 6.45) is -5.02. The lowest BCUT2D eigenvalue weighted by atomic mass is 10.1. The van der Waals surface area contributed by atoms with Gasteiger partial charge in [-0.2, -0.15) is 0 Å². The number of aromatic nitrogens is 1. The average molecular weight is 393 g/mol. The predicted molar refractivity (Wildman–Crippen MR) is 64.4 cm³/mol. The van der Waals surface area contributed by atoms with Gasteiger partial charge in [0.1, 0.15) is 10.4 Å². The number of esters is 1. The SMILES string of the molecule is CCOC(=O)c1cc(I)nc(OC(F)(F)F)c1CF. The predicted octanol–water partition coefficient (Wildman–Crippen LogP) is 3.23. The van der Waals surface area contributed by atoms with Crippen LogP contribution in [0.25, 0.3) is 0 Å². The largest absolute Gasteiger partial charge is 0.574 e. The maximum atomic E-state index is 12.9. The van der Waals surface area contributed by atoms with Crippen LogP contribution in [0.15, 0.2) is 6.07 Å². The molecule has 1 rings (SSSR count). The summed E-state index contributed by atoms with van der Waals surface area (Å²) in [5.74, 6) is -1.91. The number of hydrogen-bond acceptors (Lipinski definition) is 4. The van der Waals surface area contributed by atoms with E-state index in [4.69, 9.17) is 0 Å². The Hall–Kier alpha value is -1.13. The molecular weight excluding hydrogens is 385 g/mol. The van der Waals surface area contributed by atoms with E-state index in [2.05, 4.69) is 14.5 Å². The second-order valence-electron chi connectivity index (χ2n) is 3.18. The minimum atomic E-state index is -5.02. The molecule has 0 fully saturated rings. The third-order valence-electron chi connectivity index (χ3n) is 1.90. The molecule has 4 nitrogen and oxygen atoms in total. The Morgan fingerprint density at radius 1 is 1.47 bits per heavy atom. The van der Waals surface area contributed by atoms with Crippen LogP contribution < -0.4 is 4.74 Å². The molecule has 0 aliphatic carbocycles. The van der Waals surface area contributed by atoms with Crippen molar-refractivity contribution < 1.29 is 31.8 Å². The number of carbonyl (C=O) groups excluding carboxylic acids is 1. The molecule has 0 aliphatic rings. The van der Waals surface area contributed by atoms with Gasteiger partial charge in [0.2, 0.25) is 5.88 Å². The first-order valence-electron chi connectivity index (χ1n) is 4.96. The molecule has 1 heterocycles. The van der Waals surface area contributed by atoms with Crippen molar-refractivity contribution in [2.45, 2.75) is 20.0 Å². The number of alkyl halides is 4. The quantitative estimate of drug-likeness (QED) is 0.341. The highest BCUT2D eigenvalue weighted by molar-refractivity contribution is 14.1. The van der Waals surface area contributed by atoms with Gasteiger partial charge >= 0.3 is 12.3 Å². The maximum absolute atomic E-state index is 12.9. The third-order valence-corrected chi connectivity index (χ3v) is 2.45.